The van der Waals surface area contributed by atoms with E-state index in [2.05, 4.69) is 12.2 Å². The zero-order chi connectivity index (χ0) is 15.5. The fourth-order valence-electron chi connectivity index (χ4n) is 2.97. The highest BCUT2D eigenvalue weighted by Crippen LogP contribution is 2.33. The van der Waals surface area contributed by atoms with Gasteiger partial charge in [-0.2, -0.15) is 0 Å². The first kappa shape index (κ1) is 15.6. The van der Waals surface area contributed by atoms with Crippen molar-refractivity contribution in [3.05, 3.63) is 28.3 Å². The largest absolute Gasteiger partial charge is 0.496 e. The fourth-order valence-corrected chi connectivity index (χ4v) is 2.97. The molecule has 0 heterocycles. The third-order valence-corrected chi connectivity index (χ3v) is 4.03. The molecule has 2 unspecified atom stereocenters. The summed E-state index contributed by atoms with van der Waals surface area (Å²) in [5, 5.41) is 24.6. The molecular formula is C15H22N2O4. The van der Waals surface area contributed by atoms with Crippen molar-refractivity contribution >= 4 is 11.4 Å². The van der Waals surface area contributed by atoms with E-state index in [4.69, 9.17) is 4.74 Å². The van der Waals surface area contributed by atoms with E-state index >= 15 is 0 Å². The second kappa shape index (κ2) is 6.30. The molecule has 1 aliphatic carbocycles. The number of nitro groups is 1. The van der Waals surface area contributed by atoms with Gasteiger partial charge in [0.15, 0.2) is 0 Å². The van der Waals surface area contributed by atoms with Crippen LogP contribution < -0.4 is 10.1 Å². The van der Waals surface area contributed by atoms with Gasteiger partial charge in [0.1, 0.15) is 5.75 Å². The average Bonchev–Trinajstić information content (AvgIpc) is 2.44. The number of hydrogen-bond acceptors (Lipinski definition) is 5. The summed E-state index contributed by atoms with van der Waals surface area (Å²) in [7, 11) is 1.47. The predicted octanol–water partition coefficient (Wildman–Crippen LogP) is 2.96. The number of hydrogen-bond donors (Lipinski definition) is 2. The molecule has 21 heavy (non-hydrogen) atoms. The third kappa shape index (κ3) is 4.07. The number of nitrogens with zero attached hydrogens (tertiary/aromatic N) is 1. The number of nitro benzene ring substituents is 1. The highest BCUT2D eigenvalue weighted by atomic mass is 16.6. The summed E-state index contributed by atoms with van der Waals surface area (Å²) in [6, 6.07) is 4.53. The second-order valence-electron chi connectivity index (χ2n) is 5.96. The van der Waals surface area contributed by atoms with Crippen LogP contribution in [-0.2, 0) is 0 Å². The Balaban J connectivity index is 2.08. The Morgan fingerprint density at radius 3 is 2.90 bits per heavy atom. The molecule has 1 fully saturated rings. The molecule has 6 heteroatoms. The first-order chi connectivity index (χ1) is 9.92. The van der Waals surface area contributed by atoms with Crippen LogP contribution in [0.2, 0.25) is 0 Å². The van der Waals surface area contributed by atoms with Crippen molar-refractivity contribution in [2.75, 3.05) is 19.0 Å². The van der Waals surface area contributed by atoms with Crippen LogP contribution in [0.1, 0.15) is 32.6 Å². The molecule has 2 rings (SSSR count). The first-order valence-electron chi connectivity index (χ1n) is 7.21. The van der Waals surface area contributed by atoms with Gasteiger partial charge in [0, 0.05) is 24.4 Å². The van der Waals surface area contributed by atoms with Gasteiger partial charge in [-0.05, 0) is 18.8 Å². The molecule has 1 saturated carbocycles. The minimum atomic E-state index is -0.741. The van der Waals surface area contributed by atoms with E-state index in [1.165, 1.54) is 19.2 Å². The van der Waals surface area contributed by atoms with Gasteiger partial charge in [-0.1, -0.05) is 19.8 Å². The van der Waals surface area contributed by atoms with Gasteiger partial charge in [-0.25, -0.2) is 0 Å². The topological polar surface area (TPSA) is 84.6 Å². The van der Waals surface area contributed by atoms with Crippen molar-refractivity contribution in [3.63, 3.8) is 0 Å². The maximum Gasteiger partial charge on any atom is 0.275 e. The summed E-state index contributed by atoms with van der Waals surface area (Å²) >= 11 is 0. The molecule has 0 aliphatic heterocycles. The predicted molar refractivity (Wildman–Crippen MR) is 80.7 cm³/mol. The molecule has 0 aromatic heterocycles. The first-order valence-corrected chi connectivity index (χ1v) is 7.21. The van der Waals surface area contributed by atoms with Crippen LogP contribution in [0.5, 0.6) is 5.75 Å². The summed E-state index contributed by atoms with van der Waals surface area (Å²) in [5.41, 5.74) is -0.177. The second-order valence-corrected chi connectivity index (χ2v) is 5.96. The molecule has 2 atom stereocenters. The van der Waals surface area contributed by atoms with E-state index < -0.39 is 10.5 Å². The number of nitrogens with one attached hydrogen (secondary N) is 1. The lowest BCUT2D eigenvalue weighted by Gasteiger charge is -2.35. The SMILES string of the molecule is COc1cc(NCC2(O)CCCC(C)C2)cc([N+](=O)[O-])c1. The molecule has 1 aliphatic rings. The van der Waals surface area contributed by atoms with Gasteiger partial charge in [-0.15, -0.1) is 0 Å². The van der Waals surface area contributed by atoms with Crippen LogP contribution in [0, 0.1) is 16.0 Å². The van der Waals surface area contributed by atoms with Crippen LogP contribution in [-0.4, -0.2) is 29.3 Å². The molecule has 1 aromatic rings. The smallest absolute Gasteiger partial charge is 0.275 e. The maximum atomic E-state index is 10.9. The van der Waals surface area contributed by atoms with Gasteiger partial charge < -0.3 is 15.2 Å². The van der Waals surface area contributed by atoms with E-state index in [-0.39, 0.29) is 5.69 Å². The Kier molecular flexibility index (Phi) is 4.67. The van der Waals surface area contributed by atoms with Crippen LogP contribution >= 0.6 is 0 Å². The number of ether oxygens (including phenoxy) is 1. The van der Waals surface area contributed by atoms with Gasteiger partial charge in [0.05, 0.1) is 23.7 Å². The molecule has 0 amide bonds. The van der Waals surface area contributed by atoms with E-state index in [0.717, 1.165) is 25.7 Å². The van der Waals surface area contributed by atoms with Crippen molar-refractivity contribution in [2.45, 2.75) is 38.2 Å². The van der Waals surface area contributed by atoms with E-state index in [1.807, 2.05) is 0 Å². The molecule has 0 saturated heterocycles. The van der Waals surface area contributed by atoms with Gasteiger partial charge in [0.25, 0.3) is 5.69 Å². The molecule has 6 nitrogen and oxygen atoms in total. The Hall–Kier alpha value is -1.82. The minimum absolute atomic E-state index is 0.0270. The number of non-ortho nitro benzene ring substituents is 1. The summed E-state index contributed by atoms with van der Waals surface area (Å²) in [6.07, 6.45) is 3.67. The molecule has 0 bridgehead atoms. The standard InChI is InChI=1S/C15H22N2O4/c1-11-4-3-5-15(18,9-11)10-16-12-6-13(17(19)20)8-14(7-12)21-2/h6-8,11,16,18H,3-5,9-10H2,1-2H3. The van der Waals surface area contributed by atoms with E-state index in [1.54, 1.807) is 6.07 Å². The monoisotopic (exact) mass is 294 g/mol. The Morgan fingerprint density at radius 1 is 1.52 bits per heavy atom. The lowest BCUT2D eigenvalue weighted by atomic mass is 9.79. The molecular weight excluding hydrogens is 272 g/mol. The summed E-state index contributed by atoms with van der Waals surface area (Å²) in [4.78, 5) is 10.5. The fraction of sp³-hybridized carbons (Fsp3) is 0.600. The maximum absolute atomic E-state index is 10.9. The number of benzene rings is 1. The Labute approximate surface area is 124 Å². The highest BCUT2D eigenvalue weighted by Gasteiger charge is 2.32. The molecule has 116 valence electrons. The number of anilines is 1. The summed E-state index contributed by atoms with van der Waals surface area (Å²) in [6.45, 7) is 2.53. The van der Waals surface area contributed by atoms with Gasteiger partial charge in [-0.3, -0.25) is 10.1 Å². The molecule has 0 radical (unpaired) electrons. The van der Waals surface area contributed by atoms with Gasteiger partial charge >= 0.3 is 0 Å². The van der Waals surface area contributed by atoms with E-state index in [9.17, 15) is 15.2 Å². The normalized spacial score (nSPS) is 25.4. The summed E-state index contributed by atoms with van der Waals surface area (Å²) in [5.74, 6) is 0.931. The Morgan fingerprint density at radius 2 is 2.29 bits per heavy atom. The van der Waals surface area contributed by atoms with Crippen LogP contribution in [0.4, 0.5) is 11.4 Å². The van der Waals surface area contributed by atoms with Crippen molar-refractivity contribution in [3.8, 4) is 5.75 Å². The van der Waals surface area contributed by atoms with Crippen LogP contribution in [0.15, 0.2) is 18.2 Å². The zero-order valence-electron chi connectivity index (χ0n) is 12.5. The lowest BCUT2D eigenvalue weighted by molar-refractivity contribution is -0.384. The van der Waals surface area contributed by atoms with Crippen molar-refractivity contribution in [2.24, 2.45) is 5.92 Å². The molecule has 1 aromatic carbocycles. The van der Waals surface area contributed by atoms with Crippen molar-refractivity contribution < 1.29 is 14.8 Å². The average molecular weight is 294 g/mol. The van der Waals surface area contributed by atoms with E-state index in [0.29, 0.717) is 23.9 Å². The lowest BCUT2D eigenvalue weighted by Crippen LogP contribution is -2.41. The quantitative estimate of drug-likeness (QED) is 0.644. The van der Waals surface area contributed by atoms with Crippen LogP contribution in [0.3, 0.4) is 0 Å². The molecule has 0 spiro atoms. The Bertz CT molecular complexity index is 520. The van der Waals surface area contributed by atoms with Gasteiger partial charge in [0.2, 0.25) is 0 Å². The summed E-state index contributed by atoms with van der Waals surface area (Å²) < 4.78 is 5.07. The number of methoxy groups -OCH3 is 1. The zero-order valence-corrected chi connectivity index (χ0v) is 12.5. The van der Waals surface area contributed by atoms with Crippen LogP contribution in [0.25, 0.3) is 0 Å². The highest BCUT2D eigenvalue weighted by molar-refractivity contribution is 5.56. The third-order valence-electron chi connectivity index (χ3n) is 4.03. The number of rotatable bonds is 5. The number of aliphatic hydroxyl groups is 1. The minimum Gasteiger partial charge on any atom is -0.496 e. The molecule has 2 N–H and O–H groups in total. The van der Waals surface area contributed by atoms with Crippen molar-refractivity contribution in [1.82, 2.24) is 0 Å². The van der Waals surface area contributed by atoms with Crippen molar-refractivity contribution in [1.29, 1.82) is 0 Å².